The third-order valence-corrected chi connectivity index (χ3v) is 9.26. The average molecular weight is 764 g/mol. The molecule has 0 saturated carbocycles. The fourth-order valence-electron chi connectivity index (χ4n) is 6.31. The molecule has 1 heterocycles. The van der Waals surface area contributed by atoms with E-state index in [1.807, 2.05) is 78.9 Å². The van der Waals surface area contributed by atoms with Gasteiger partial charge in [-0.1, -0.05) is 78.9 Å². The second-order valence-corrected chi connectivity index (χ2v) is 13.4. The van der Waals surface area contributed by atoms with Crippen LogP contribution in [0.15, 0.2) is 103 Å². The molecule has 294 valence electrons. The fraction of sp³-hybridized carbons (Fsp3) is 0.326. The van der Waals surface area contributed by atoms with Crippen molar-refractivity contribution in [3.63, 3.8) is 0 Å². The largest absolute Gasteiger partial charge is 0.493 e. The summed E-state index contributed by atoms with van der Waals surface area (Å²) in [5.41, 5.74) is 2.76. The van der Waals surface area contributed by atoms with Crippen LogP contribution >= 0.6 is 0 Å². The number of hydrogen-bond donors (Lipinski definition) is 5. The average Bonchev–Trinajstić information content (AvgIpc) is 3.21. The van der Waals surface area contributed by atoms with Gasteiger partial charge in [-0.25, -0.2) is 0 Å². The topological polar surface area (TPSA) is 173 Å². The van der Waals surface area contributed by atoms with Crippen molar-refractivity contribution < 1.29 is 38.2 Å². The molecule has 1 aliphatic rings. The number of benzene rings is 4. The third-order valence-electron chi connectivity index (χ3n) is 9.26. The molecule has 1 aliphatic heterocycles. The molecule has 0 saturated heterocycles. The molecule has 5 rings (SSSR count). The van der Waals surface area contributed by atoms with Gasteiger partial charge in [0.2, 0.25) is 23.6 Å². The Kier molecular flexibility index (Phi) is 15.2. The smallest absolute Gasteiger partial charge is 0.255 e. The Labute approximate surface area is 326 Å². The van der Waals surface area contributed by atoms with Crippen LogP contribution in [0.5, 0.6) is 17.2 Å². The second-order valence-electron chi connectivity index (χ2n) is 13.4. The van der Waals surface area contributed by atoms with Gasteiger partial charge in [-0.15, -0.1) is 0 Å². The zero-order valence-corrected chi connectivity index (χ0v) is 31.7. The minimum absolute atomic E-state index is 0.113. The Bertz CT molecular complexity index is 1940. The Hall–Kier alpha value is -6.37. The van der Waals surface area contributed by atoms with E-state index in [-0.39, 0.29) is 43.9 Å². The van der Waals surface area contributed by atoms with Crippen molar-refractivity contribution in [2.45, 2.75) is 56.7 Å². The molecule has 0 unspecified atom stereocenters. The summed E-state index contributed by atoms with van der Waals surface area (Å²) in [6, 6.07) is 27.3. The lowest BCUT2D eigenvalue weighted by Gasteiger charge is -2.25. The Morgan fingerprint density at radius 1 is 0.732 bits per heavy atom. The van der Waals surface area contributed by atoms with Crippen LogP contribution in [0.2, 0.25) is 0 Å². The van der Waals surface area contributed by atoms with Gasteiger partial charge < -0.3 is 40.8 Å². The summed E-state index contributed by atoms with van der Waals surface area (Å²) < 4.78 is 16.7. The van der Waals surface area contributed by atoms with E-state index in [1.165, 1.54) is 0 Å². The summed E-state index contributed by atoms with van der Waals surface area (Å²) in [4.78, 5) is 68.7. The summed E-state index contributed by atoms with van der Waals surface area (Å²) in [6.07, 6.45) is 1.44. The molecule has 0 bridgehead atoms. The molecule has 5 amide bonds. The number of hydrogen-bond acceptors (Lipinski definition) is 8. The molecule has 3 atom stereocenters. The molecule has 0 radical (unpaired) electrons. The predicted molar refractivity (Wildman–Crippen MR) is 210 cm³/mol. The van der Waals surface area contributed by atoms with Gasteiger partial charge >= 0.3 is 0 Å². The van der Waals surface area contributed by atoms with Crippen molar-refractivity contribution in [2.24, 2.45) is 0 Å². The number of methoxy groups -OCH3 is 2. The lowest BCUT2D eigenvalue weighted by molar-refractivity contribution is -0.133. The van der Waals surface area contributed by atoms with E-state index < -0.39 is 54.1 Å². The van der Waals surface area contributed by atoms with Crippen LogP contribution in [0, 0.1) is 0 Å². The van der Waals surface area contributed by atoms with Crippen molar-refractivity contribution in [1.82, 2.24) is 26.6 Å². The first-order valence-corrected chi connectivity index (χ1v) is 18.7. The number of ether oxygens (including phenoxy) is 3. The van der Waals surface area contributed by atoms with Crippen LogP contribution in [0.25, 0.3) is 0 Å². The van der Waals surface area contributed by atoms with Crippen LogP contribution in [0.4, 0.5) is 0 Å². The fourth-order valence-corrected chi connectivity index (χ4v) is 6.31. The quantitative estimate of drug-likeness (QED) is 0.145. The summed E-state index contributed by atoms with van der Waals surface area (Å²) in [6.45, 7) is 0.670. The number of para-hydroxylation sites is 1. The maximum atomic E-state index is 14.0. The highest BCUT2D eigenvalue weighted by Gasteiger charge is 2.30. The number of fused-ring (bicyclic) bond motifs is 1. The van der Waals surface area contributed by atoms with Crippen molar-refractivity contribution >= 4 is 29.5 Å². The highest BCUT2D eigenvalue weighted by molar-refractivity contribution is 6.01. The van der Waals surface area contributed by atoms with Crippen molar-refractivity contribution in [2.75, 3.05) is 33.9 Å². The summed E-state index contributed by atoms with van der Waals surface area (Å²) in [7, 11) is 3.13. The maximum absolute atomic E-state index is 14.0. The predicted octanol–water partition coefficient (Wildman–Crippen LogP) is 3.30. The van der Waals surface area contributed by atoms with Crippen LogP contribution in [-0.2, 0) is 38.4 Å². The summed E-state index contributed by atoms with van der Waals surface area (Å²) in [5.74, 6) is -1.31. The number of aryl methyl sites for hydroxylation is 1. The van der Waals surface area contributed by atoms with Gasteiger partial charge in [-0.3, -0.25) is 24.0 Å². The SMILES string of the molecule is COc1ccc(CCCNC(=O)[C@@H]2CC(=O)N[C@@H](Cc3ccccc3)C(=O)N[C@@H](Cc3ccccc3)C(=O)NCCCOc3ccccc3C(=O)N2)cc1OC. The number of carbonyl (C=O) groups excluding carboxylic acids is 5. The molecule has 0 fully saturated rings. The zero-order chi connectivity index (χ0) is 39.7. The van der Waals surface area contributed by atoms with Gasteiger partial charge in [-0.2, -0.15) is 0 Å². The first-order valence-electron chi connectivity index (χ1n) is 18.7. The molecule has 0 aliphatic carbocycles. The summed E-state index contributed by atoms with van der Waals surface area (Å²) in [5, 5.41) is 14.1. The van der Waals surface area contributed by atoms with E-state index in [1.54, 1.807) is 38.5 Å². The number of carbonyl (C=O) groups is 5. The first kappa shape index (κ1) is 40.8. The molecule has 13 heteroatoms. The first-order chi connectivity index (χ1) is 27.2. The number of nitrogens with one attached hydrogen (secondary N) is 5. The molecular weight excluding hydrogens is 715 g/mol. The highest BCUT2D eigenvalue weighted by Crippen LogP contribution is 2.28. The lowest BCUT2D eigenvalue weighted by atomic mass is 10.0. The van der Waals surface area contributed by atoms with Gasteiger partial charge in [0.1, 0.15) is 23.9 Å². The van der Waals surface area contributed by atoms with Crippen LogP contribution in [-0.4, -0.2) is 81.6 Å². The molecule has 0 aromatic heterocycles. The lowest BCUT2D eigenvalue weighted by Crippen LogP contribution is -2.56. The van der Waals surface area contributed by atoms with E-state index in [4.69, 9.17) is 14.2 Å². The molecule has 4 aromatic carbocycles. The summed E-state index contributed by atoms with van der Waals surface area (Å²) >= 11 is 0. The maximum Gasteiger partial charge on any atom is 0.255 e. The monoisotopic (exact) mass is 763 g/mol. The minimum atomic E-state index is -1.30. The van der Waals surface area contributed by atoms with Crippen molar-refractivity contribution in [3.8, 4) is 17.2 Å². The zero-order valence-electron chi connectivity index (χ0n) is 31.7. The van der Waals surface area contributed by atoms with Crippen molar-refractivity contribution in [1.29, 1.82) is 0 Å². The normalized spacial score (nSPS) is 18.3. The van der Waals surface area contributed by atoms with Gasteiger partial charge in [-0.05, 0) is 60.2 Å². The van der Waals surface area contributed by atoms with Gasteiger partial charge in [0.05, 0.1) is 32.8 Å². The molecule has 0 spiro atoms. The second kappa shape index (κ2) is 20.9. The number of amides is 5. The Balaban J connectivity index is 1.37. The third kappa shape index (κ3) is 12.1. The van der Waals surface area contributed by atoms with Crippen LogP contribution in [0.3, 0.4) is 0 Å². The minimum Gasteiger partial charge on any atom is -0.493 e. The standard InChI is InChI=1S/C43H49N5O8/c1-54-37-21-20-31(27-38(37)55-2)17-11-22-44-42(52)35-28-39(49)46-34(26-30-15-7-4-8-16-30)43(53)48-33(25-29-13-5-3-6-14-29)41(51)45-23-12-24-56-36-19-10-9-18-32(36)40(50)47-35/h3-10,13-16,18-21,27,33-35H,11-12,17,22-26,28H2,1-2H3,(H,44,52)(H,45,51)(H,46,49)(H,47,50)(H,48,53)/t33-,34-,35-/m0/s1. The van der Waals surface area contributed by atoms with Crippen LogP contribution in [0.1, 0.15) is 46.3 Å². The molecular formula is C43H49N5O8. The molecule has 56 heavy (non-hydrogen) atoms. The van der Waals surface area contributed by atoms with Gasteiger partial charge in [0.25, 0.3) is 5.91 Å². The number of rotatable bonds is 11. The Morgan fingerprint density at radius 3 is 2.05 bits per heavy atom. The van der Waals surface area contributed by atoms with Crippen LogP contribution < -0.4 is 40.8 Å². The van der Waals surface area contributed by atoms with Gasteiger partial charge in [0.15, 0.2) is 11.5 Å². The Morgan fingerprint density at radius 2 is 1.38 bits per heavy atom. The van der Waals surface area contributed by atoms with E-state index in [0.29, 0.717) is 30.8 Å². The molecule has 13 nitrogen and oxygen atoms in total. The van der Waals surface area contributed by atoms with E-state index in [9.17, 15) is 24.0 Å². The molecule has 4 aromatic rings. The molecule has 5 N–H and O–H groups in total. The van der Waals surface area contributed by atoms with E-state index in [0.717, 1.165) is 16.7 Å². The van der Waals surface area contributed by atoms with E-state index >= 15 is 0 Å². The van der Waals surface area contributed by atoms with Gasteiger partial charge in [0, 0.05) is 25.9 Å². The highest BCUT2D eigenvalue weighted by atomic mass is 16.5. The van der Waals surface area contributed by atoms with E-state index in [2.05, 4.69) is 26.6 Å². The van der Waals surface area contributed by atoms with Crippen molar-refractivity contribution in [3.05, 3.63) is 125 Å².